The number of carbonyl (C=O) groups excluding carboxylic acids is 1. The highest BCUT2D eigenvalue weighted by molar-refractivity contribution is 7.90. The van der Waals surface area contributed by atoms with E-state index in [1.165, 1.54) is 29.3 Å². The maximum Gasteiger partial charge on any atom is 0.275 e. The average molecular weight is 311 g/mol. The quantitative estimate of drug-likeness (QED) is 0.812. The lowest BCUT2D eigenvalue weighted by Crippen LogP contribution is -2.30. The SMILES string of the molecule is CCN1C(=O)c2cccn2S(=O)(=O)c2cc(Cl)ccc21. The van der Waals surface area contributed by atoms with Crippen molar-refractivity contribution in [2.45, 2.75) is 11.8 Å². The third kappa shape index (κ3) is 1.68. The first kappa shape index (κ1) is 13.2. The van der Waals surface area contributed by atoms with Gasteiger partial charge in [-0.1, -0.05) is 11.6 Å². The number of hydrogen-bond donors (Lipinski definition) is 0. The van der Waals surface area contributed by atoms with Gasteiger partial charge in [-0.25, -0.2) is 12.4 Å². The zero-order valence-electron chi connectivity index (χ0n) is 10.6. The molecule has 0 N–H and O–H groups in total. The number of nitrogens with zero attached hydrogens (tertiary/aromatic N) is 2. The maximum atomic E-state index is 12.7. The smallest absolute Gasteiger partial charge is 0.275 e. The molecule has 1 aromatic carbocycles. The molecule has 7 heteroatoms. The van der Waals surface area contributed by atoms with Crippen LogP contribution in [0, 0.1) is 0 Å². The van der Waals surface area contributed by atoms with E-state index in [9.17, 15) is 13.2 Å². The van der Waals surface area contributed by atoms with Crippen molar-refractivity contribution in [1.82, 2.24) is 3.97 Å². The van der Waals surface area contributed by atoms with E-state index < -0.39 is 10.0 Å². The highest BCUT2D eigenvalue weighted by Crippen LogP contribution is 2.34. The van der Waals surface area contributed by atoms with Crippen molar-refractivity contribution >= 4 is 33.2 Å². The molecule has 0 atom stereocenters. The lowest BCUT2D eigenvalue weighted by molar-refractivity contribution is 0.0983. The monoisotopic (exact) mass is 310 g/mol. The molecular formula is C13H11ClN2O3S. The van der Waals surface area contributed by atoms with Crippen LogP contribution in [-0.2, 0) is 10.0 Å². The first-order valence-electron chi connectivity index (χ1n) is 6.01. The summed E-state index contributed by atoms with van der Waals surface area (Å²) < 4.78 is 26.3. The first-order valence-corrected chi connectivity index (χ1v) is 7.83. The van der Waals surface area contributed by atoms with Gasteiger partial charge in [0.25, 0.3) is 15.9 Å². The molecule has 0 unspecified atom stereocenters. The topological polar surface area (TPSA) is 59.4 Å². The van der Waals surface area contributed by atoms with Crippen molar-refractivity contribution in [3.8, 4) is 0 Å². The summed E-state index contributed by atoms with van der Waals surface area (Å²) in [5, 5.41) is 0.312. The van der Waals surface area contributed by atoms with Gasteiger partial charge in [0.1, 0.15) is 10.6 Å². The van der Waals surface area contributed by atoms with Crippen LogP contribution in [0.5, 0.6) is 0 Å². The molecule has 0 fully saturated rings. The molecule has 1 aliphatic heterocycles. The van der Waals surface area contributed by atoms with Gasteiger partial charge in [0.2, 0.25) is 0 Å². The lowest BCUT2D eigenvalue weighted by Gasteiger charge is -2.20. The van der Waals surface area contributed by atoms with E-state index in [2.05, 4.69) is 0 Å². The third-order valence-corrected chi connectivity index (χ3v) is 5.20. The second-order valence-electron chi connectivity index (χ2n) is 4.36. The molecule has 20 heavy (non-hydrogen) atoms. The second-order valence-corrected chi connectivity index (χ2v) is 6.58. The number of amides is 1. The third-order valence-electron chi connectivity index (χ3n) is 3.24. The molecule has 2 heterocycles. The van der Waals surface area contributed by atoms with Gasteiger partial charge in [-0.3, -0.25) is 4.79 Å². The van der Waals surface area contributed by atoms with Crippen LogP contribution in [0.25, 0.3) is 0 Å². The van der Waals surface area contributed by atoms with Gasteiger partial charge in [-0.2, -0.15) is 0 Å². The van der Waals surface area contributed by atoms with Crippen LogP contribution in [-0.4, -0.2) is 24.8 Å². The number of halogens is 1. The molecule has 0 saturated heterocycles. The Morgan fingerprint density at radius 1 is 1.25 bits per heavy atom. The molecule has 1 aromatic heterocycles. The van der Waals surface area contributed by atoms with Crippen LogP contribution < -0.4 is 4.90 Å². The second kappa shape index (κ2) is 4.36. The van der Waals surface area contributed by atoms with Crippen LogP contribution in [0.1, 0.15) is 17.4 Å². The van der Waals surface area contributed by atoms with Gasteiger partial charge < -0.3 is 4.90 Å². The van der Waals surface area contributed by atoms with E-state index >= 15 is 0 Å². The summed E-state index contributed by atoms with van der Waals surface area (Å²) in [6, 6.07) is 7.54. The molecule has 0 saturated carbocycles. The summed E-state index contributed by atoms with van der Waals surface area (Å²) >= 11 is 5.91. The molecule has 0 spiro atoms. The fourth-order valence-electron chi connectivity index (χ4n) is 2.33. The van der Waals surface area contributed by atoms with Gasteiger partial charge in [0.15, 0.2) is 0 Å². The molecule has 104 valence electrons. The van der Waals surface area contributed by atoms with Gasteiger partial charge >= 0.3 is 0 Å². The molecule has 0 bridgehead atoms. The van der Waals surface area contributed by atoms with Gasteiger partial charge in [-0.05, 0) is 37.3 Å². The van der Waals surface area contributed by atoms with Crippen molar-refractivity contribution < 1.29 is 13.2 Å². The number of carbonyl (C=O) groups is 1. The Balaban J connectivity index is 2.44. The molecule has 0 radical (unpaired) electrons. The van der Waals surface area contributed by atoms with E-state index in [1.807, 2.05) is 0 Å². The lowest BCUT2D eigenvalue weighted by atomic mass is 10.2. The highest BCUT2D eigenvalue weighted by atomic mass is 35.5. The molecule has 5 nitrogen and oxygen atoms in total. The van der Waals surface area contributed by atoms with Gasteiger partial charge in [-0.15, -0.1) is 0 Å². The standard InChI is InChI=1S/C13H11ClN2O3S/c1-2-15-10-6-5-9(14)8-12(10)20(18,19)16-7-3-4-11(16)13(15)17/h3-8H,2H2,1H3. The fourth-order valence-corrected chi connectivity index (χ4v) is 4.12. The number of hydrogen-bond acceptors (Lipinski definition) is 3. The van der Waals surface area contributed by atoms with Crippen LogP contribution in [0.2, 0.25) is 5.02 Å². The van der Waals surface area contributed by atoms with Crippen molar-refractivity contribution in [1.29, 1.82) is 0 Å². The van der Waals surface area contributed by atoms with Crippen molar-refractivity contribution in [2.75, 3.05) is 11.4 Å². The number of aromatic nitrogens is 1. The largest absolute Gasteiger partial charge is 0.306 e. The van der Waals surface area contributed by atoms with E-state index in [0.717, 1.165) is 3.97 Å². The van der Waals surface area contributed by atoms with Crippen LogP contribution >= 0.6 is 11.6 Å². The minimum Gasteiger partial charge on any atom is -0.306 e. The Morgan fingerprint density at radius 3 is 2.70 bits per heavy atom. The van der Waals surface area contributed by atoms with Crippen molar-refractivity contribution in [2.24, 2.45) is 0 Å². The van der Waals surface area contributed by atoms with E-state index in [1.54, 1.807) is 19.1 Å². The molecule has 1 aliphatic rings. The predicted molar refractivity (Wildman–Crippen MR) is 75.8 cm³/mol. The van der Waals surface area contributed by atoms with Crippen molar-refractivity contribution in [3.63, 3.8) is 0 Å². The van der Waals surface area contributed by atoms with E-state index in [4.69, 9.17) is 11.6 Å². The minimum atomic E-state index is -3.82. The summed E-state index contributed by atoms with van der Waals surface area (Å²) in [6.45, 7) is 2.16. The summed E-state index contributed by atoms with van der Waals surface area (Å²) in [7, 11) is -3.82. The maximum absolute atomic E-state index is 12.7. The summed E-state index contributed by atoms with van der Waals surface area (Å²) in [5.74, 6) is -0.345. The summed E-state index contributed by atoms with van der Waals surface area (Å²) in [6.07, 6.45) is 1.37. The summed E-state index contributed by atoms with van der Waals surface area (Å²) in [5.41, 5.74) is 0.477. The Kier molecular flexibility index (Phi) is 2.88. The Bertz CT molecular complexity index is 811. The van der Waals surface area contributed by atoms with Gasteiger partial charge in [0.05, 0.1) is 5.69 Å². The van der Waals surface area contributed by atoms with E-state index in [-0.39, 0.29) is 16.5 Å². The number of benzene rings is 1. The minimum absolute atomic E-state index is 0.0372. The average Bonchev–Trinajstić information content (AvgIpc) is 2.88. The van der Waals surface area contributed by atoms with Crippen LogP contribution in [0.15, 0.2) is 41.4 Å². The van der Waals surface area contributed by atoms with Crippen molar-refractivity contribution in [3.05, 3.63) is 47.2 Å². The molecular weight excluding hydrogens is 300 g/mol. The normalized spacial score (nSPS) is 16.5. The zero-order chi connectivity index (χ0) is 14.5. The highest BCUT2D eigenvalue weighted by Gasteiger charge is 2.34. The Morgan fingerprint density at radius 2 is 2.00 bits per heavy atom. The molecule has 3 rings (SSSR count). The Hall–Kier alpha value is -1.79. The molecule has 1 amide bonds. The molecule has 0 aliphatic carbocycles. The van der Waals surface area contributed by atoms with Gasteiger partial charge in [0, 0.05) is 17.8 Å². The number of anilines is 1. The zero-order valence-corrected chi connectivity index (χ0v) is 12.1. The first-order chi connectivity index (χ1) is 9.46. The van der Waals surface area contributed by atoms with E-state index in [0.29, 0.717) is 17.3 Å². The number of fused-ring (bicyclic) bond motifs is 2. The molecule has 2 aromatic rings. The Labute approximate surface area is 121 Å². The van der Waals surface area contributed by atoms with Crippen LogP contribution in [0.3, 0.4) is 0 Å². The summed E-state index contributed by atoms with van der Waals surface area (Å²) in [4.78, 5) is 13.9. The fraction of sp³-hybridized carbons (Fsp3) is 0.154. The number of rotatable bonds is 1. The van der Waals surface area contributed by atoms with Crippen LogP contribution in [0.4, 0.5) is 5.69 Å². The predicted octanol–water partition coefficient (Wildman–Crippen LogP) is 2.36.